The first kappa shape index (κ1) is 11.7. The Morgan fingerprint density at radius 1 is 1.57 bits per heavy atom. The van der Waals surface area contributed by atoms with Gasteiger partial charge in [-0.25, -0.2) is 0 Å². The Labute approximate surface area is 96.8 Å². The van der Waals surface area contributed by atoms with Gasteiger partial charge in [0.1, 0.15) is 4.88 Å². The van der Waals surface area contributed by atoms with E-state index in [4.69, 9.17) is 0 Å². The molecule has 1 amide bonds. The summed E-state index contributed by atoms with van der Waals surface area (Å²) >= 11 is 4.79. The van der Waals surface area contributed by atoms with Crippen LogP contribution in [0.3, 0.4) is 0 Å². The van der Waals surface area contributed by atoms with Gasteiger partial charge in [-0.15, -0.1) is 11.3 Å². The van der Waals surface area contributed by atoms with Crippen molar-refractivity contribution in [2.24, 2.45) is 5.41 Å². The van der Waals surface area contributed by atoms with E-state index in [1.54, 1.807) is 0 Å². The highest BCUT2D eigenvalue weighted by Crippen LogP contribution is 2.22. The van der Waals surface area contributed by atoms with Crippen LogP contribution in [0.25, 0.3) is 0 Å². The Bertz CT molecular complexity index is 327. The molecule has 0 saturated heterocycles. The summed E-state index contributed by atoms with van der Waals surface area (Å²) in [5.41, 5.74) is 0.124. The number of halogens is 1. The Kier molecular flexibility index (Phi) is 3.72. The van der Waals surface area contributed by atoms with E-state index in [2.05, 4.69) is 42.0 Å². The summed E-state index contributed by atoms with van der Waals surface area (Å²) in [7, 11) is 0. The summed E-state index contributed by atoms with van der Waals surface area (Å²) in [6.07, 6.45) is 0. The molecule has 0 aliphatic heterocycles. The Hall–Kier alpha value is -0.350. The quantitative estimate of drug-likeness (QED) is 0.882. The molecule has 78 valence electrons. The molecule has 1 aromatic rings. The predicted molar refractivity (Wildman–Crippen MR) is 63.8 cm³/mol. The highest BCUT2D eigenvalue weighted by Gasteiger charge is 2.15. The van der Waals surface area contributed by atoms with Crippen molar-refractivity contribution < 1.29 is 4.79 Å². The lowest BCUT2D eigenvalue weighted by molar-refractivity contribution is 0.0942. The van der Waals surface area contributed by atoms with E-state index in [0.29, 0.717) is 6.54 Å². The molecule has 1 aromatic heterocycles. The van der Waals surface area contributed by atoms with Gasteiger partial charge in [-0.1, -0.05) is 20.8 Å². The molecule has 0 radical (unpaired) electrons. The lowest BCUT2D eigenvalue weighted by Crippen LogP contribution is -2.31. The minimum Gasteiger partial charge on any atom is -0.351 e. The zero-order valence-electron chi connectivity index (χ0n) is 8.56. The maximum atomic E-state index is 11.6. The number of amides is 1. The number of hydrogen-bond donors (Lipinski definition) is 1. The van der Waals surface area contributed by atoms with Crippen LogP contribution in [-0.2, 0) is 0 Å². The molecule has 0 aliphatic rings. The van der Waals surface area contributed by atoms with Crippen molar-refractivity contribution in [3.8, 4) is 0 Å². The van der Waals surface area contributed by atoms with E-state index in [1.807, 2.05) is 11.4 Å². The second-order valence-corrected chi connectivity index (χ2v) is 6.11. The maximum Gasteiger partial charge on any atom is 0.262 e. The summed E-state index contributed by atoms with van der Waals surface area (Å²) in [6, 6.07) is 1.89. The fraction of sp³-hybridized carbons (Fsp3) is 0.500. The number of nitrogens with one attached hydrogen (secondary N) is 1. The van der Waals surface area contributed by atoms with Gasteiger partial charge in [-0.3, -0.25) is 4.79 Å². The van der Waals surface area contributed by atoms with Gasteiger partial charge in [-0.2, -0.15) is 0 Å². The molecule has 14 heavy (non-hydrogen) atoms. The summed E-state index contributed by atoms with van der Waals surface area (Å²) < 4.78 is 0.869. The van der Waals surface area contributed by atoms with E-state index in [1.165, 1.54) is 11.3 Å². The van der Waals surface area contributed by atoms with Crippen LogP contribution in [0.15, 0.2) is 15.9 Å². The lowest BCUT2D eigenvalue weighted by atomic mass is 9.97. The smallest absolute Gasteiger partial charge is 0.262 e. The minimum absolute atomic E-state index is 0.00167. The van der Waals surface area contributed by atoms with Gasteiger partial charge in [0, 0.05) is 11.0 Å². The van der Waals surface area contributed by atoms with Gasteiger partial charge in [-0.05, 0) is 32.8 Å². The normalized spacial score (nSPS) is 11.4. The third-order valence-corrected chi connectivity index (χ3v) is 3.44. The van der Waals surface area contributed by atoms with Gasteiger partial charge in [0.25, 0.3) is 5.91 Å². The molecule has 1 N–H and O–H groups in total. The summed E-state index contributed by atoms with van der Waals surface area (Å²) in [5, 5.41) is 4.81. The van der Waals surface area contributed by atoms with Crippen LogP contribution in [0.5, 0.6) is 0 Å². The Morgan fingerprint density at radius 3 is 2.64 bits per heavy atom. The third-order valence-electron chi connectivity index (χ3n) is 1.60. The number of thiophene rings is 1. The minimum atomic E-state index is 0.00167. The monoisotopic (exact) mass is 275 g/mol. The second-order valence-electron chi connectivity index (χ2n) is 4.34. The van der Waals surface area contributed by atoms with Gasteiger partial charge in [0.15, 0.2) is 0 Å². The summed E-state index contributed by atoms with van der Waals surface area (Å²) in [4.78, 5) is 12.4. The number of rotatable bonds is 2. The molecular weight excluding hydrogens is 262 g/mol. The first-order valence-corrected chi connectivity index (χ1v) is 6.08. The highest BCUT2D eigenvalue weighted by atomic mass is 79.9. The van der Waals surface area contributed by atoms with Crippen LogP contribution >= 0.6 is 27.3 Å². The average molecular weight is 276 g/mol. The van der Waals surface area contributed by atoms with Crippen molar-refractivity contribution >= 4 is 33.2 Å². The first-order chi connectivity index (χ1) is 6.40. The topological polar surface area (TPSA) is 29.1 Å². The first-order valence-electron chi connectivity index (χ1n) is 4.41. The molecule has 0 unspecified atom stereocenters. The van der Waals surface area contributed by atoms with Crippen LogP contribution in [0.4, 0.5) is 0 Å². The van der Waals surface area contributed by atoms with Crippen molar-refractivity contribution in [2.75, 3.05) is 6.54 Å². The van der Waals surface area contributed by atoms with Crippen LogP contribution in [0.2, 0.25) is 0 Å². The molecule has 0 spiro atoms. The molecular formula is C10H14BrNOS. The number of carbonyl (C=O) groups excluding carboxylic acids is 1. The zero-order valence-corrected chi connectivity index (χ0v) is 11.0. The molecule has 0 saturated carbocycles. The molecule has 1 rings (SSSR count). The molecule has 4 heteroatoms. The molecule has 2 nitrogen and oxygen atoms in total. The molecule has 0 atom stereocenters. The molecule has 0 aromatic carbocycles. The Morgan fingerprint density at radius 2 is 2.21 bits per heavy atom. The van der Waals surface area contributed by atoms with Crippen molar-refractivity contribution in [3.05, 3.63) is 20.8 Å². The van der Waals surface area contributed by atoms with Crippen molar-refractivity contribution in [1.82, 2.24) is 5.32 Å². The zero-order chi connectivity index (χ0) is 10.8. The number of hydrogen-bond acceptors (Lipinski definition) is 2. The van der Waals surface area contributed by atoms with E-state index in [9.17, 15) is 4.79 Å². The number of carbonyl (C=O) groups is 1. The molecule has 1 heterocycles. The molecule has 0 fully saturated rings. The van der Waals surface area contributed by atoms with Crippen LogP contribution in [0.1, 0.15) is 30.4 Å². The van der Waals surface area contributed by atoms with Gasteiger partial charge in [0.05, 0.1) is 0 Å². The molecule has 0 bridgehead atoms. The van der Waals surface area contributed by atoms with Crippen molar-refractivity contribution in [3.63, 3.8) is 0 Å². The Balaban J connectivity index is 2.56. The second kappa shape index (κ2) is 4.45. The van der Waals surface area contributed by atoms with Gasteiger partial charge in [0.2, 0.25) is 0 Å². The standard InChI is InChI=1S/C10H14BrNOS/c1-10(2,3)6-12-9(13)8-7(11)4-5-14-8/h4-5H,6H2,1-3H3,(H,12,13). The van der Waals surface area contributed by atoms with E-state index < -0.39 is 0 Å². The van der Waals surface area contributed by atoms with Crippen LogP contribution in [0, 0.1) is 5.41 Å². The van der Waals surface area contributed by atoms with Gasteiger partial charge >= 0.3 is 0 Å². The maximum absolute atomic E-state index is 11.6. The van der Waals surface area contributed by atoms with E-state index in [-0.39, 0.29) is 11.3 Å². The predicted octanol–water partition coefficient (Wildman–Crippen LogP) is 3.29. The SMILES string of the molecule is CC(C)(C)CNC(=O)c1sccc1Br. The lowest BCUT2D eigenvalue weighted by Gasteiger charge is -2.18. The van der Waals surface area contributed by atoms with Crippen LogP contribution < -0.4 is 5.32 Å². The van der Waals surface area contributed by atoms with E-state index >= 15 is 0 Å². The average Bonchev–Trinajstić information content (AvgIpc) is 2.46. The van der Waals surface area contributed by atoms with Crippen LogP contribution in [-0.4, -0.2) is 12.5 Å². The van der Waals surface area contributed by atoms with Crippen molar-refractivity contribution in [1.29, 1.82) is 0 Å². The van der Waals surface area contributed by atoms with Crippen molar-refractivity contribution in [2.45, 2.75) is 20.8 Å². The fourth-order valence-corrected chi connectivity index (χ4v) is 2.35. The fourth-order valence-electron chi connectivity index (χ4n) is 0.881. The summed E-state index contributed by atoms with van der Waals surface area (Å²) in [5.74, 6) is 0.00167. The highest BCUT2D eigenvalue weighted by molar-refractivity contribution is 9.10. The largest absolute Gasteiger partial charge is 0.351 e. The van der Waals surface area contributed by atoms with E-state index in [0.717, 1.165) is 9.35 Å². The third kappa shape index (κ3) is 3.42. The molecule has 0 aliphatic carbocycles. The summed E-state index contributed by atoms with van der Waals surface area (Å²) in [6.45, 7) is 6.97. The van der Waals surface area contributed by atoms with Gasteiger partial charge < -0.3 is 5.32 Å².